The number of sulfonamides is 1. The third-order valence-corrected chi connectivity index (χ3v) is 4.40. The van der Waals surface area contributed by atoms with Crippen molar-refractivity contribution in [2.24, 2.45) is 0 Å². The van der Waals surface area contributed by atoms with Crippen LogP contribution in [-0.4, -0.2) is 8.42 Å². The van der Waals surface area contributed by atoms with Crippen LogP contribution < -0.4 is 10.5 Å². The van der Waals surface area contributed by atoms with Crippen LogP contribution in [0.25, 0.3) is 0 Å². The fourth-order valence-electron chi connectivity index (χ4n) is 1.87. The van der Waals surface area contributed by atoms with Crippen LogP contribution in [0, 0.1) is 0 Å². The fraction of sp³-hybridized carbons (Fsp3) is 0.143. The molecule has 0 aliphatic rings. The first-order valence-electron chi connectivity index (χ1n) is 5.92. The lowest BCUT2D eigenvalue weighted by atomic mass is 10.1. The Bertz CT molecular complexity index is 654. The molecule has 1 atom stereocenters. The fourth-order valence-corrected chi connectivity index (χ4v) is 3.11. The highest BCUT2D eigenvalue weighted by atomic mass is 32.2. The van der Waals surface area contributed by atoms with Gasteiger partial charge in [0.05, 0.1) is 4.90 Å². The van der Waals surface area contributed by atoms with Gasteiger partial charge in [-0.15, -0.1) is 0 Å². The van der Waals surface area contributed by atoms with Gasteiger partial charge in [0.2, 0.25) is 10.0 Å². The highest BCUT2D eigenvalue weighted by Crippen LogP contribution is 2.21. The second-order valence-electron chi connectivity index (χ2n) is 4.28. The second kappa shape index (κ2) is 5.42. The average Bonchev–Trinajstić information content (AvgIpc) is 2.39. The van der Waals surface area contributed by atoms with E-state index in [1.54, 1.807) is 43.3 Å². The maximum absolute atomic E-state index is 12.2. The summed E-state index contributed by atoms with van der Waals surface area (Å²) in [6.45, 7) is 1.77. The summed E-state index contributed by atoms with van der Waals surface area (Å²) in [5.74, 6) is 0. The lowest BCUT2D eigenvalue weighted by Gasteiger charge is -2.16. The Labute approximate surface area is 113 Å². The molecule has 5 heteroatoms. The molecule has 2 rings (SSSR count). The van der Waals surface area contributed by atoms with Crippen LogP contribution in [0.1, 0.15) is 18.5 Å². The van der Waals surface area contributed by atoms with Gasteiger partial charge in [0, 0.05) is 11.7 Å². The molecule has 100 valence electrons. The summed E-state index contributed by atoms with van der Waals surface area (Å²) in [6.07, 6.45) is 0. The predicted octanol–water partition coefficient (Wildman–Crippen LogP) is 2.31. The normalized spacial score (nSPS) is 13.1. The maximum Gasteiger partial charge on any atom is 0.241 e. The SMILES string of the molecule is CC(NS(=O)(=O)c1ccccc1)c1ccccc1N. The number of hydrogen-bond donors (Lipinski definition) is 2. The number of hydrogen-bond acceptors (Lipinski definition) is 3. The third kappa shape index (κ3) is 3.13. The number of para-hydroxylation sites is 1. The minimum Gasteiger partial charge on any atom is -0.398 e. The van der Waals surface area contributed by atoms with E-state index >= 15 is 0 Å². The van der Waals surface area contributed by atoms with Gasteiger partial charge in [0.15, 0.2) is 0 Å². The Hall–Kier alpha value is -1.85. The predicted molar refractivity (Wildman–Crippen MR) is 76.0 cm³/mol. The molecule has 3 N–H and O–H groups in total. The topological polar surface area (TPSA) is 72.2 Å². The lowest BCUT2D eigenvalue weighted by Crippen LogP contribution is -2.27. The van der Waals surface area contributed by atoms with E-state index in [-0.39, 0.29) is 10.9 Å². The molecule has 19 heavy (non-hydrogen) atoms. The molecule has 2 aromatic rings. The first-order chi connectivity index (χ1) is 9.00. The van der Waals surface area contributed by atoms with Crippen LogP contribution in [-0.2, 0) is 10.0 Å². The Kier molecular flexibility index (Phi) is 3.87. The molecule has 0 saturated heterocycles. The Balaban J connectivity index is 2.24. The molecule has 0 fully saturated rings. The maximum atomic E-state index is 12.2. The molecule has 0 saturated carbocycles. The van der Waals surface area contributed by atoms with Crippen LogP contribution in [0.3, 0.4) is 0 Å². The van der Waals surface area contributed by atoms with E-state index in [0.29, 0.717) is 5.69 Å². The van der Waals surface area contributed by atoms with Gasteiger partial charge in [-0.25, -0.2) is 13.1 Å². The number of anilines is 1. The Morgan fingerprint density at radius 3 is 2.21 bits per heavy atom. The number of rotatable bonds is 4. The molecule has 0 aliphatic carbocycles. The van der Waals surface area contributed by atoms with Crippen LogP contribution in [0.15, 0.2) is 59.5 Å². The van der Waals surface area contributed by atoms with Gasteiger partial charge in [-0.05, 0) is 30.7 Å². The molecule has 0 amide bonds. The standard InChI is InChI=1S/C14H16N2O2S/c1-11(13-9-5-6-10-14(13)15)16-19(17,18)12-7-3-2-4-8-12/h2-11,16H,15H2,1H3. The molecule has 0 spiro atoms. The largest absolute Gasteiger partial charge is 0.398 e. The summed E-state index contributed by atoms with van der Waals surface area (Å²) in [6, 6.07) is 15.1. The zero-order valence-electron chi connectivity index (χ0n) is 10.6. The van der Waals surface area contributed by atoms with E-state index in [1.807, 2.05) is 18.2 Å². The average molecular weight is 276 g/mol. The Morgan fingerprint density at radius 1 is 1.00 bits per heavy atom. The van der Waals surface area contributed by atoms with Gasteiger partial charge in [-0.1, -0.05) is 36.4 Å². The molecule has 4 nitrogen and oxygen atoms in total. The summed E-state index contributed by atoms with van der Waals surface area (Å²) in [5, 5.41) is 0. The van der Waals surface area contributed by atoms with Gasteiger partial charge in [-0.2, -0.15) is 0 Å². The molecular formula is C14H16N2O2S. The van der Waals surface area contributed by atoms with Crippen molar-refractivity contribution in [3.63, 3.8) is 0 Å². The van der Waals surface area contributed by atoms with Gasteiger partial charge in [-0.3, -0.25) is 0 Å². The molecule has 0 bridgehead atoms. The van der Waals surface area contributed by atoms with Crippen molar-refractivity contribution in [1.82, 2.24) is 4.72 Å². The van der Waals surface area contributed by atoms with Gasteiger partial charge >= 0.3 is 0 Å². The van der Waals surface area contributed by atoms with Crippen molar-refractivity contribution < 1.29 is 8.42 Å². The highest BCUT2D eigenvalue weighted by Gasteiger charge is 2.18. The van der Waals surface area contributed by atoms with Gasteiger partial charge in [0.25, 0.3) is 0 Å². The van der Waals surface area contributed by atoms with Crippen molar-refractivity contribution in [2.45, 2.75) is 17.9 Å². The molecular weight excluding hydrogens is 260 g/mol. The quantitative estimate of drug-likeness (QED) is 0.842. The third-order valence-electron chi connectivity index (χ3n) is 2.85. The minimum atomic E-state index is -3.53. The van der Waals surface area contributed by atoms with Crippen molar-refractivity contribution in [2.75, 3.05) is 5.73 Å². The van der Waals surface area contributed by atoms with Crippen LogP contribution in [0.2, 0.25) is 0 Å². The summed E-state index contributed by atoms with van der Waals surface area (Å²) in [7, 11) is -3.53. The summed E-state index contributed by atoms with van der Waals surface area (Å²) < 4.78 is 27.0. The zero-order valence-corrected chi connectivity index (χ0v) is 11.4. The molecule has 0 aliphatic heterocycles. The van der Waals surface area contributed by atoms with Crippen LogP contribution in [0.5, 0.6) is 0 Å². The van der Waals surface area contributed by atoms with E-state index in [1.165, 1.54) is 0 Å². The van der Waals surface area contributed by atoms with Crippen molar-refractivity contribution >= 4 is 15.7 Å². The number of nitrogens with one attached hydrogen (secondary N) is 1. The zero-order chi connectivity index (χ0) is 13.9. The Morgan fingerprint density at radius 2 is 1.58 bits per heavy atom. The van der Waals surface area contributed by atoms with Gasteiger partial charge in [0.1, 0.15) is 0 Å². The highest BCUT2D eigenvalue weighted by molar-refractivity contribution is 7.89. The van der Waals surface area contributed by atoms with E-state index in [2.05, 4.69) is 4.72 Å². The summed E-state index contributed by atoms with van der Waals surface area (Å²) in [5.41, 5.74) is 7.18. The number of benzene rings is 2. The number of nitrogen functional groups attached to an aromatic ring is 1. The first-order valence-corrected chi connectivity index (χ1v) is 7.41. The lowest BCUT2D eigenvalue weighted by molar-refractivity contribution is 0.567. The molecule has 0 heterocycles. The monoisotopic (exact) mass is 276 g/mol. The second-order valence-corrected chi connectivity index (χ2v) is 6.00. The smallest absolute Gasteiger partial charge is 0.241 e. The van der Waals surface area contributed by atoms with Crippen molar-refractivity contribution in [1.29, 1.82) is 0 Å². The van der Waals surface area contributed by atoms with E-state index < -0.39 is 10.0 Å². The van der Waals surface area contributed by atoms with E-state index in [4.69, 9.17) is 5.73 Å². The molecule has 2 aromatic carbocycles. The van der Waals surface area contributed by atoms with Crippen molar-refractivity contribution in [3.05, 3.63) is 60.2 Å². The minimum absolute atomic E-state index is 0.247. The molecule has 0 radical (unpaired) electrons. The molecule has 1 unspecified atom stereocenters. The molecule has 0 aromatic heterocycles. The van der Waals surface area contributed by atoms with Crippen LogP contribution >= 0.6 is 0 Å². The van der Waals surface area contributed by atoms with Gasteiger partial charge < -0.3 is 5.73 Å². The van der Waals surface area contributed by atoms with E-state index in [9.17, 15) is 8.42 Å². The number of nitrogens with two attached hydrogens (primary N) is 1. The summed E-state index contributed by atoms with van der Waals surface area (Å²) in [4.78, 5) is 0.247. The van der Waals surface area contributed by atoms with Crippen LogP contribution in [0.4, 0.5) is 5.69 Å². The van der Waals surface area contributed by atoms with Crippen molar-refractivity contribution in [3.8, 4) is 0 Å². The first kappa shape index (κ1) is 13.6. The summed E-state index contributed by atoms with van der Waals surface area (Å²) >= 11 is 0. The van der Waals surface area contributed by atoms with E-state index in [0.717, 1.165) is 5.56 Å².